The Morgan fingerprint density at radius 2 is 1.61 bits per heavy atom. The number of hydrogen-bond acceptors (Lipinski definition) is 9. The van der Waals surface area contributed by atoms with Crippen LogP contribution in [0.15, 0.2) is 97.3 Å². The normalized spacial score (nSPS) is 11.1. The van der Waals surface area contributed by atoms with Gasteiger partial charge in [-0.1, -0.05) is 51.1 Å². The number of carboxylic acid groups (broad SMARTS) is 1. The predicted molar refractivity (Wildman–Crippen MR) is 187 cm³/mol. The second-order valence-corrected chi connectivity index (χ2v) is 11.8. The first-order chi connectivity index (χ1) is 23.6. The first kappa shape index (κ1) is 32.2. The number of carbonyl (C=O) groups excluding carboxylic acids is 1. The molecule has 248 valence electrons. The Hall–Kier alpha value is -6.70. The molecule has 0 aliphatic rings. The molecule has 14 heteroatoms. The molecule has 0 saturated carbocycles. The molecule has 3 aromatic carbocycles. The second-order valence-electron chi connectivity index (χ2n) is 11.8. The van der Waals surface area contributed by atoms with Gasteiger partial charge in [-0.05, 0) is 36.4 Å². The number of fused-ring (bicyclic) bond motifs is 1. The van der Waals surface area contributed by atoms with Crippen molar-refractivity contribution in [2.24, 2.45) is 0 Å². The smallest absolute Gasteiger partial charge is 0.409 e. The van der Waals surface area contributed by atoms with Crippen LogP contribution in [0.2, 0.25) is 0 Å². The largest absolute Gasteiger partial charge is 0.481 e. The van der Waals surface area contributed by atoms with E-state index in [9.17, 15) is 9.59 Å². The molecule has 0 aliphatic carbocycles. The maximum atomic E-state index is 13.4. The van der Waals surface area contributed by atoms with E-state index in [1.807, 2.05) is 57.2 Å². The summed E-state index contributed by atoms with van der Waals surface area (Å²) in [6, 6.07) is 24.3. The topological polar surface area (TPSA) is 177 Å². The van der Waals surface area contributed by atoms with Crippen molar-refractivity contribution in [1.82, 2.24) is 24.7 Å². The number of hydrogen-bond donors (Lipinski definition) is 5. The number of carbonyl (C=O) groups is 2. The van der Waals surface area contributed by atoms with Crippen molar-refractivity contribution in [3.8, 4) is 23.2 Å². The highest BCUT2D eigenvalue weighted by Gasteiger charge is 2.22. The van der Waals surface area contributed by atoms with E-state index in [1.165, 1.54) is 0 Å². The summed E-state index contributed by atoms with van der Waals surface area (Å²) in [4.78, 5) is 37.4. The van der Waals surface area contributed by atoms with Gasteiger partial charge in [-0.25, -0.2) is 24.2 Å². The number of urea groups is 1. The van der Waals surface area contributed by atoms with Gasteiger partial charge in [0.25, 0.3) is 0 Å². The first-order valence-corrected chi connectivity index (χ1v) is 15.1. The Kier molecular flexibility index (Phi) is 8.93. The van der Waals surface area contributed by atoms with Crippen LogP contribution in [0.4, 0.5) is 38.4 Å². The van der Waals surface area contributed by atoms with E-state index in [4.69, 9.17) is 19.7 Å². The molecule has 3 aromatic heterocycles. The molecule has 0 fully saturated rings. The fourth-order valence-corrected chi connectivity index (χ4v) is 4.89. The van der Waals surface area contributed by atoms with Crippen LogP contribution < -0.4 is 30.7 Å². The Morgan fingerprint density at radius 1 is 0.816 bits per heavy atom. The number of nitrogens with zero attached hydrogens (tertiary/aromatic N) is 5. The summed E-state index contributed by atoms with van der Waals surface area (Å²) < 4.78 is 13.0. The maximum Gasteiger partial charge on any atom is 0.409 e. The van der Waals surface area contributed by atoms with E-state index in [1.54, 1.807) is 72.7 Å². The number of aromatic nitrogens is 5. The van der Waals surface area contributed by atoms with E-state index < -0.39 is 12.1 Å². The van der Waals surface area contributed by atoms with E-state index >= 15 is 0 Å². The zero-order valence-electron chi connectivity index (χ0n) is 27.1. The van der Waals surface area contributed by atoms with Crippen molar-refractivity contribution in [2.45, 2.75) is 26.2 Å². The molecule has 6 rings (SSSR count). The molecule has 0 spiro atoms. The SMILES string of the molecule is COc1ccc(-n2nc(C(C)(C)C)cc2NC(=O)Nc2ccc(Oc3ccnc(Nc4cccc(NC(=O)O)c4)n3)c3ccccc23)cn1. The van der Waals surface area contributed by atoms with Crippen LogP contribution >= 0.6 is 0 Å². The zero-order chi connectivity index (χ0) is 34.5. The fourth-order valence-electron chi connectivity index (χ4n) is 4.89. The molecule has 0 atom stereocenters. The van der Waals surface area contributed by atoms with Gasteiger partial charge in [-0.15, -0.1) is 0 Å². The molecule has 6 aromatic rings. The molecular weight excluding hydrogens is 626 g/mol. The predicted octanol–water partition coefficient (Wildman–Crippen LogP) is 7.79. The van der Waals surface area contributed by atoms with Crippen molar-refractivity contribution in [2.75, 3.05) is 28.4 Å². The molecule has 0 saturated heterocycles. The van der Waals surface area contributed by atoms with Crippen LogP contribution in [-0.4, -0.2) is 49.1 Å². The highest BCUT2D eigenvalue weighted by Crippen LogP contribution is 2.35. The van der Waals surface area contributed by atoms with Gasteiger partial charge in [0, 0.05) is 52.0 Å². The first-order valence-electron chi connectivity index (χ1n) is 15.1. The molecule has 0 unspecified atom stereocenters. The molecule has 0 radical (unpaired) electrons. The minimum Gasteiger partial charge on any atom is -0.481 e. The number of amides is 3. The minimum absolute atomic E-state index is 0.253. The lowest BCUT2D eigenvalue weighted by molar-refractivity contribution is 0.209. The van der Waals surface area contributed by atoms with E-state index in [0.717, 1.165) is 16.5 Å². The molecule has 14 nitrogen and oxygen atoms in total. The number of ether oxygens (including phenoxy) is 2. The third-order valence-corrected chi connectivity index (χ3v) is 7.24. The van der Waals surface area contributed by atoms with Gasteiger partial charge < -0.3 is 25.2 Å². The highest BCUT2D eigenvalue weighted by molar-refractivity contribution is 6.07. The summed E-state index contributed by atoms with van der Waals surface area (Å²) in [5.41, 5.74) is 2.72. The highest BCUT2D eigenvalue weighted by atomic mass is 16.5. The number of methoxy groups -OCH3 is 1. The van der Waals surface area contributed by atoms with Crippen molar-refractivity contribution in [3.05, 3.63) is 103 Å². The number of rotatable bonds is 9. The summed E-state index contributed by atoms with van der Waals surface area (Å²) in [5, 5.41) is 26.5. The second kappa shape index (κ2) is 13.6. The van der Waals surface area contributed by atoms with Gasteiger partial charge >= 0.3 is 12.1 Å². The van der Waals surface area contributed by atoms with Gasteiger partial charge in [0.2, 0.25) is 17.7 Å². The molecule has 0 bridgehead atoms. The monoisotopic (exact) mass is 659 g/mol. The molecular formula is C35H33N9O5. The fraction of sp³-hybridized carbons (Fsp3) is 0.143. The van der Waals surface area contributed by atoms with Gasteiger partial charge in [0.1, 0.15) is 11.6 Å². The van der Waals surface area contributed by atoms with Crippen LogP contribution in [0.3, 0.4) is 0 Å². The summed E-state index contributed by atoms with van der Waals surface area (Å²) in [5.74, 6) is 1.98. The van der Waals surface area contributed by atoms with Gasteiger partial charge in [0.15, 0.2) is 0 Å². The van der Waals surface area contributed by atoms with E-state index in [2.05, 4.69) is 36.2 Å². The molecule has 49 heavy (non-hydrogen) atoms. The summed E-state index contributed by atoms with van der Waals surface area (Å²) >= 11 is 0. The van der Waals surface area contributed by atoms with Crippen molar-refractivity contribution in [1.29, 1.82) is 0 Å². The number of pyridine rings is 1. The van der Waals surface area contributed by atoms with Crippen LogP contribution in [0.25, 0.3) is 16.5 Å². The standard InChI is InChI=1S/C35H33N9O5/c1-35(2,3)28-19-29(44(43-28)23-12-15-30(48-4)37-20-23)41-33(45)40-26-13-14-27(25-11-6-5-10-24(25)26)49-31-16-17-36-32(42-31)38-21-8-7-9-22(18-21)39-34(46)47/h5-20,39H,1-4H3,(H,46,47)(H,36,38,42)(H2,40,41,45). The quantitative estimate of drug-likeness (QED) is 0.103. The summed E-state index contributed by atoms with van der Waals surface area (Å²) in [6.07, 6.45) is 2.01. The van der Waals surface area contributed by atoms with Crippen molar-refractivity contribution < 1.29 is 24.2 Å². The Labute approximate surface area is 281 Å². The van der Waals surface area contributed by atoms with Crippen molar-refractivity contribution in [3.63, 3.8) is 0 Å². The van der Waals surface area contributed by atoms with Crippen LogP contribution in [0, 0.1) is 0 Å². The Morgan fingerprint density at radius 3 is 2.35 bits per heavy atom. The lowest BCUT2D eigenvalue weighted by atomic mass is 9.92. The zero-order valence-corrected chi connectivity index (χ0v) is 27.1. The van der Waals surface area contributed by atoms with Crippen LogP contribution in [0.5, 0.6) is 17.5 Å². The lowest BCUT2D eigenvalue weighted by Crippen LogP contribution is -2.21. The molecule has 3 amide bonds. The summed E-state index contributed by atoms with van der Waals surface area (Å²) in [6.45, 7) is 6.14. The molecule has 0 aliphatic heterocycles. The van der Waals surface area contributed by atoms with Gasteiger partial charge in [-0.3, -0.25) is 10.6 Å². The Bertz CT molecular complexity index is 2140. The third-order valence-electron chi connectivity index (χ3n) is 7.24. The van der Waals surface area contributed by atoms with E-state index in [-0.39, 0.29) is 17.2 Å². The number of benzene rings is 3. The summed E-state index contributed by atoms with van der Waals surface area (Å²) in [7, 11) is 1.55. The van der Waals surface area contributed by atoms with Gasteiger partial charge in [0.05, 0.1) is 30.4 Å². The molecule has 3 heterocycles. The van der Waals surface area contributed by atoms with Gasteiger partial charge in [-0.2, -0.15) is 10.1 Å². The number of nitrogens with one attached hydrogen (secondary N) is 4. The number of anilines is 5. The third kappa shape index (κ3) is 7.65. The van der Waals surface area contributed by atoms with Crippen molar-refractivity contribution >= 4 is 51.7 Å². The lowest BCUT2D eigenvalue weighted by Gasteiger charge is -2.14. The van der Waals surface area contributed by atoms with E-state index in [0.29, 0.717) is 40.2 Å². The van der Waals surface area contributed by atoms with Crippen LogP contribution in [-0.2, 0) is 5.41 Å². The minimum atomic E-state index is -1.16. The average molecular weight is 660 g/mol. The Balaban J connectivity index is 1.21. The average Bonchev–Trinajstić information content (AvgIpc) is 3.50. The molecule has 5 N–H and O–H groups in total. The maximum absolute atomic E-state index is 13.4. The van der Waals surface area contributed by atoms with Crippen LogP contribution in [0.1, 0.15) is 26.5 Å².